The van der Waals surface area contributed by atoms with E-state index in [2.05, 4.69) is 10.3 Å². The van der Waals surface area contributed by atoms with E-state index < -0.39 is 11.6 Å². The van der Waals surface area contributed by atoms with Gasteiger partial charge < -0.3 is 24.8 Å². The molecule has 0 spiro atoms. The van der Waals surface area contributed by atoms with Crippen LogP contribution in [0.15, 0.2) is 33.5 Å². The number of hydrogen-bond acceptors (Lipinski definition) is 6. The molecule has 33 heavy (non-hydrogen) atoms. The van der Waals surface area contributed by atoms with Gasteiger partial charge in [0.15, 0.2) is 11.1 Å². The Morgan fingerprint density at radius 3 is 2.73 bits per heavy atom. The number of hydrogen-bond donors (Lipinski definition) is 2. The number of anilines is 1. The summed E-state index contributed by atoms with van der Waals surface area (Å²) in [5.74, 6) is -0.957. The first-order valence-electron chi connectivity index (χ1n) is 11.0. The van der Waals surface area contributed by atoms with Crippen LogP contribution in [0.4, 0.5) is 14.5 Å². The highest BCUT2D eigenvalue weighted by Crippen LogP contribution is 2.41. The molecule has 2 aromatic carbocycles. The second-order valence-electron chi connectivity index (χ2n) is 8.69. The van der Waals surface area contributed by atoms with E-state index >= 15 is 0 Å². The van der Waals surface area contributed by atoms with Gasteiger partial charge in [-0.05, 0) is 43.0 Å². The van der Waals surface area contributed by atoms with Gasteiger partial charge in [-0.15, -0.1) is 0 Å². The van der Waals surface area contributed by atoms with Gasteiger partial charge in [0.05, 0.1) is 17.8 Å². The summed E-state index contributed by atoms with van der Waals surface area (Å²) in [7, 11) is 0. The van der Waals surface area contributed by atoms with Crippen LogP contribution in [0.2, 0.25) is 0 Å². The van der Waals surface area contributed by atoms with Gasteiger partial charge in [0, 0.05) is 36.1 Å². The van der Waals surface area contributed by atoms with Crippen LogP contribution >= 0.6 is 0 Å². The lowest BCUT2D eigenvalue weighted by Crippen LogP contribution is -2.33. The average Bonchev–Trinajstić information content (AvgIpc) is 3.54. The van der Waals surface area contributed by atoms with E-state index in [0.29, 0.717) is 46.7 Å². The number of nitrogens with one attached hydrogen (secondary N) is 1. The Morgan fingerprint density at radius 2 is 2.00 bits per heavy atom. The molecule has 1 aliphatic heterocycles. The van der Waals surface area contributed by atoms with Crippen LogP contribution in [0.25, 0.3) is 33.1 Å². The minimum absolute atomic E-state index is 0.0408. The maximum atomic E-state index is 14.7. The second-order valence-corrected chi connectivity index (χ2v) is 8.69. The molecule has 3 N–H and O–H groups in total. The molecule has 1 atom stereocenters. The molecule has 170 valence electrons. The van der Waals surface area contributed by atoms with Crippen molar-refractivity contribution in [2.45, 2.75) is 31.9 Å². The number of ether oxygens (including phenoxy) is 1. The number of benzene rings is 2. The molecule has 2 fully saturated rings. The lowest BCUT2D eigenvalue weighted by atomic mass is 9.96. The molecule has 6 rings (SSSR count). The summed E-state index contributed by atoms with van der Waals surface area (Å²) in [6, 6.07) is 5.61. The standard InChI is InChI=1S/C24H22F2N4O3/c1-11-13(15-8-17(26)18(27)9-16(15)25)4-5-14-21(11)30(12-2-3-12)24(31)20-22(14)33-23(29-20)19-10-28-6-7-32-19/h4-5,8-9,12,19,28H,2-3,6-7,10,27H2,1H3/t19-/m1/s1. The number of nitrogens with two attached hydrogens (primary N) is 1. The minimum Gasteiger partial charge on any atom is -0.437 e. The third kappa shape index (κ3) is 3.14. The molecule has 2 aliphatic rings. The van der Waals surface area contributed by atoms with Gasteiger partial charge in [0.2, 0.25) is 5.89 Å². The summed E-state index contributed by atoms with van der Waals surface area (Å²) in [6.45, 7) is 3.63. The molecule has 4 aromatic rings. The first-order chi connectivity index (χ1) is 15.9. The highest BCUT2D eigenvalue weighted by atomic mass is 19.1. The highest BCUT2D eigenvalue weighted by Gasteiger charge is 2.31. The van der Waals surface area contributed by atoms with Gasteiger partial charge in [-0.3, -0.25) is 4.79 Å². The number of oxazole rings is 1. The SMILES string of the molecule is Cc1c(-c2cc(F)c(N)cc2F)ccc2c3oc([C@H]4CNCCO4)nc3c(=O)n(C3CC3)c12. The maximum Gasteiger partial charge on any atom is 0.281 e. The maximum absolute atomic E-state index is 14.7. The van der Waals surface area contributed by atoms with Crippen LogP contribution in [0.1, 0.15) is 36.4 Å². The monoisotopic (exact) mass is 452 g/mol. The normalized spacial score (nSPS) is 18.9. The van der Waals surface area contributed by atoms with Crippen molar-refractivity contribution in [2.24, 2.45) is 0 Å². The van der Waals surface area contributed by atoms with Crippen molar-refractivity contribution in [3.05, 3.63) is 57.7 Å². The Hall–Kier alpha value is -3.30. The molecule has 0 amide bonds. The summed E-state index contributed by atoms with van der Waals surface area (Å²) in [4.78, 5) is 18.0. The molecule has 2 aromatic heterocycles. The summed E-state index contributed by atoms with van der Waals surface area (Å²) in [6.07, 6.45) is 1.37. The smallest absolute Gasteiger partial charge is 0.281 e. The van der Waals surface area contributed by atoms with E-state index in [1.807, 2.05) is 0 Å². The van der Waals surface area contributed by atoms with Crippen LogP contribution in [-0.2, 0) is 4.74 Å². The fraction of sp³-hybridized carbons (Fsp3) is 0.333. The molecule has 0 unspecified atom stereocenters. The van der Waals surface area contributed by atoms with Crippen molar-refractivity contribution in [1.29, 1.82) is 0 Å². The van der Waals surface area contributed by atoms with E-state index in [9.17, 15) is 13.6 Å². The van der Waals surface area contributed by atoms with Crippen molar-refractivity contribution in [3.8, 4) is 11.1 Å². The summed E-state index contributed by atoms with van der Waals surface area (Å²) >= 11 is 0. The Morgan fingerprint density at radius 1 is 1.18 bits per heavy atom. The minimum atomic E-state index is -0.693. The van der Waals surface area contributed by atoms with E-state index in [4.69, 9.17) is 14.9 Å². The first-order valence-corrected chi connectivity index (χ1v) is 11.0. The average molecular weight is 452 g/mol. The molecule has 1 saturated heterocycles. The quantitative estimate of drug-likeness (QED) is 0.457. The Kier molecular flexibility index (Phi) is 4.53. The van der Waals surface area contributed by atoms with Gasteiger partial charge in [0.25, 0.3) is 5.56 Å². The summed E-state index contributed by atoms with van der Waals surface area (Å²) in [5, 5.41) is 3.94. The van der Waals surface area contributed by atoms with Crippen molar-refractivity contribution in [3.63, 3.8) is 0 Å². The fourth-order valence-corrected chi connectivity index (χ4v) is 4.68. The lowest BCUT2D eigenvalue weighted by Gasteiger charge is -2.20. The van der Waals surface area contributed by atoms with E-state index in [0.717, 1.165) is 31.5 Å². The van der Waals surface area contributed by atoms with Crippen molar-refractivity contribution in [1.82, 2.24) is 14.9 Å². The zero-order valence-electron chi connectivity index (χ0n) is 18.0. The number of fused-ring (bicyclic) bond motifs is 3. The molecule has 9 heteroatoms. The largest absolute Gasteiger partial charge is 0.437 e. The van der Waals surface area contributed by atoms with Gasteiger partial charge >= 0.3 is 0 Å². The van der Waals surface area contributed by atoms with Crippen LogP contribution < -0.4 is 16.6 Å². The molecule has 0 radical (unpaired) electrons. The second kappa shape index (κ2) is 7.36. The van der Waals surface area contributed by atoms with E-state index in [-0.39, 0.29) is 34.5 Å². The van der Waals surface area contributed by atoms with Crippen LogP contribution in [0.5, 0.6) is 0 Å². The molecule has 3 heterocycles. The predicted molar refractivity (Wildman–Crippen MR) is 120 cm³/mol. The summed E-state index contributed by atoms with van der Waals surface area (Å²) in [5.41, 5.74) is 7.56. The number of aryl methyl sites for hydroxylation is 1. The van der Waals surface area contributed by atoms with Gasteiger partial charge in [-0.2, -0.15) is 0 Å². The highest BCUT2D eigenvalue weighted by molar-refractivity contribution is 6.04. The third-order valence-corrected chi connectivity index (χ3v) is 6.47. The van der Waals surface area contributed by atoms with Crippen molar-refractivity contribution < 1.29 is 17.9 Å². The molecule has 1 saturated carbocycles. The number of halogens is 2. The molecular weight excluding hydrogens is 430 g/mol. The van der Waals surface area contributed by atoms with Gasteiger partial charge in [-0.25, -0.2) is 13.8 Å². The Bertz CT molecular complexity index is 1480. The van der Waals surface area contributed by atoms with Crippen LogP contribution in [-0.4, -0.2) is 29.2 Å². The number of aromatic nitrogens is 2. The number of morpholine rings is 1. The third-order valence-electron chi connectivity index (χ3n) is 6.47. The molecule has 0 bridgehead atoms. The zero-order valence-corrected chi connectivity index (χ0v) is 18.0. The van der Waals surface area contributed by atoms with Crippen LogP contribution in [0.3, 0.4) is 0 Å². The van der Waals surface area contributed by atoms with E-state index in [1.165, 1.54) is 0 Å². The zero-order chi connectivity index (χ0) is 22.9. The van der Waals surface area contributed by atoms with Crippen molar-refractivity contribution in [2.75, 3.05) is 25.4 Å². The lowest BCUT2D eigenvalue weighted by molar-refractivity contribution is 0.0119. The topological polar surface area (TPSA) is 95.3 Å². The fourth-order valence-electron chi connectivity index (χ4n) is 4.68. The first kappa shape index (κ1) is 20.3. The number of rotatable bonds is 3. The van der Waals surface area contributed by atoms with E-state index in [1.54, 1.807) is 23.6 Å². The molecule has 7 nitrogen and oxygen atoms in total. The Balaban J connectivity index is 1.64. The number of nitrogen functional groups attached to an aromatic ring is 1. The molecular formula is C24H22F2N4O3. The van der Waals surface area contributed by atoms with Gasteiger partial charge in [-0.1, -0.05) is 6.07 Å². The Labute approximate surface area is 187 Å². The predicted octanol–water partition coefficient (Wildman–Crippen LogP) is 3.97. The summed E-state index contributed by atoms with van der Waals surface area (Å²) < 4.78 is 42.5. The number of pyridine rings is 1. The molecule has 1 aliphatic carbocycles. The van der Waals surface area contributed by atoms with Crippen LogP contribution in [0, 0.1) is 18.6 Å². The van der Waals surface area contributed by atoms with Gasteiger partial charge in [0.1, 0.15) is 17.7 Å². The number of nitrogens with zero attached hydrogens (tertiary/aromatic N) is 2. The van der Waals surface area contributed by atoms with Crippen molar-refractivity contribution >= 4 is 27.7 Å².